The summed E-state index contributed by atoms with van der Waals surface area (Å²) in [7, 11) is 0. The van der Waals surface area contributed by atoms with E-state index in [9.17, 15) is 9.59 Å². The third kappa shape index (κ3) is 2.82. The standard InChI is InChI=1S/C9H12N2O3/c1-7(12)4-9(13)11-2-3-14-8(5-10)6-11/h8H,2-4,6H2,1H3. The van der Waals surface area contributed by atoms with Gasteiger partial charge in [-0.3, -0.25) is 9.59 Å². The molecule has 76 valence electrons. The number of hydrogen-bond acceptors (Lipinski definition) is 4. The first-order valence-corrected chi connectivity index (χ1v) is 4.42. The van der Waals surface area contributed by atoms with Gasteiger partial charge in [0.1, 0.15) is 5.78 Å². The van der Waals surface area contributed by atoms with Gasteiger partial charge in [-0.2, -0.15) is 5.26 Å². The quantitative estimate of drug-likeness (QED) is 0.569. The molecule has 1 aliphatic heterocycles. The van der Waals surface area contributed by atoms with Crippen molar-refractivity contribution >= 4 is 11.7 Å². The zero-order chi connectivity index (χ0) is 10.6. The lowest BCUT2D eigenvalue weighted by atomic mass is 10.2. The van der Waals surface area contributed by atoms with Crippen LogP contribution in [0.3, 0.4) is 0 Å². The second-order valence-corrected chi connectivity index (χ2v) is 3.21. The summed E-state index contributed by atoms with van der Waals surface area (Å²) in [4.78, 5) is 23.6. The summed E-state index contributed by atoms with van der Waals surface area (Å²) in [6.07, 6.45) is -0.641. The zero-order valence-corrected chi connectivity index (χ0v) is 8.02. The molecule has 1 rings (SSSR count). The van der Waals surface area contributed by atoms with Crippen molar-refractivity contribution in [2.75, 3.05) is 19.7 Å². The lowest BCUT2D eigenvalue weighted by Crippen LogP contribution is -2.45. The Morgan fingerprint density at radius 2 is 2.36 bits per heavy atom. The number of Topliss-reactive ketones (excluding diaryl/α,β-unsaturated/α-hetero) is 1. The van der Waals surface area contributed by atoms with Crippen molar-refractivity contribution < 1.29 is 14.3 Å². The second-order valence-electron chi connectivity index (χ2n) is 3.21. The lowest BCUT2D eigenvalue weighted by molar-refractivity contribution is -0.139. The molecule has 5 heteroatoms. The fourth-order valence-corrected chi connectivity index (χ4v) is 1.28. The molecule has 1 amide bonds. The number of carbonyl (C=O) groups excluding carboxylic acids is 2. The van der Waals surface area contributed by atoms with Gasteiger partial charge in [-0.25, -0.2) is 0 Å². The van der Waals surface area contributed by atoms with Crippen molar-refractivity contribution in [3.05, 3.63) is 0 Å². The maximum absolute atomic E-state index is 11.4. The molecule has 0 aromatic carbocycles. The van der Waals surface area contributed by atoms with Crippen LogP contribution in [0.15, 0.2) is 0 Å². The van der Waals surface area contributed by atoms with Crippen LogP contribution >= 0.6 is 0 Å². The summed E-state index contributed by atoms with van der Waals surface area (Å²) in [6, 6.07) is 1.94. The Morgan fingerprint density at radius 1 is 1.64 bits per heavy atom. The molecule has 14 heavy (non-hydrogen) atoms. The van der Waals surface area contributed by atoms with Gasteiger partial charge in [-0.15, -0.1) is 0 Å². The van der Waals surface area contributed by atoms with Gasteiger partial charge in [0.2, 0.25) is 5.91 Å². The van der Waals surface area contributed by atoms with Gasteiger partial charge in [0, 0.05) is 6.54 Å². The van der Waals surface area contributed by atoms with E-state index in [0.29, 0.717) is 13.2 Å². The number of nitrogens with zero attached hydrogens (tertiary/aromatic N) is 2. The topological polar surface area (TPSA) is 70.4 Å². The Kier molecular flexibility index (Phi) is 3.60. The highest BCUT2D eigenvalue weighted by molar-refractivity contribution is 5.96. The molecule has 0 N–H and O–H groups in total. The Morgan fingerprint density at radius 3 is 2.93 bits per heavy atom. The molecule has 1 unspecified atom stereocenters. The predicted octanol–water partition coefficient (Wildman–Crippen LogP) is -0.284. The van der Waals surface area contributed by atoms with E-state index in [2.05, 4.69) is 0 Å². The average Bonchev–Trinajstić information content (AvgIpc) is 2.17. The molecule has 0 aromatic heterocycles. The summed E-state index contributed by atoms with van der Waals surface area (Å²) < 4.78 is 5.07. The van der Waals surface area contributed by atoms with Crippen LogP contribution in [0.2, 0.25) is 0 Å². The third-order valence-electron chi connectivity index (χ3n) is 1.96. The number of morpholine rings is 1. The molecule has 1 heterocycles. The fourth-order valence-electron chi connectivity index (χ4n) is 1.28. The first-order valence-electron chi connectivity index (χ1n) is 4.42. The average molecular weight is 196 g/mol. The van der Waals surface area contributed by atoms with Gasteiger partial charge in [-0.05, 0) is 6.92 Å². The maximum Gasteiger partial charge on any atom is 0.230 e. The summed E-state index contributed by atoms with van der Waals surface area (Å²) in [6.45, 7) is 2.47. The van der Waals surface area contributed by atoms with Gasteiger partial charge in [-0.1, -0.05) is 0 Å². The van der Waals surface area contributed by atoms with Crippen molar-refractivity contribution in [1.82, 2.24) is 4.90 Å². The summed E-state index contributed by atoms with van der Waals surface area (Å²) in [5.41, 5.74) is 0. The van der Waals surface area contributed by atoms with E-state index in [0.717, 1.165) is 0 Å². The van der Waals surface area contributed by atoms with Crippen molar-refractivity contribution in [2.45, 2.75) is 19.4 Å². The van der Waals surface area contributed by atoms with Crippen molar-refractivity contribution in [3.8, 4) is 6.07 Å². The van der Waals surface area contributed by atoms with Crippen LogP contribution in [-0.4, -0.2) is 42.4 Å². The predicted molar refractivity (Wildman–Crippen MR) is 47.2 cm³/mol. The number of ether oxygens (including phenoxy) is 1. The molecular weight excluding hydrogens is 184 g/mol. The van der Waals surface area contributed by atoms with Gasteiger partial charge in [0.05, 0.1) is 25.6 Å². The van der Waals surface area contributed by atoms with Gasteiger partial charge < -0.3 is 9.64 Å². The summed E-state index contributed by atoms with van der Waals surface area (Å²) in [5, 5.41) is 8.59. The monoisotopic (exact) mass is 196 g/mol. The molecule has 0 aromatic rings. The normalized spacial score (nSPS) is 21.4. The molecular formula is C9H12N2O3. The van der Waals surface area contributed by atoms with E-state index < -0.39 is 6.10 Å². The minimum Gasteiger partial charge on any atom is -0.360 e. The molecule has 0 spiro atoms. The Hall–Kier alpha value is -1.41. The maximum atomic E-state index is 11.4. The van der Waals surface area contributed by atoms with Crippen molar-refractivity contribution in [3.63, 3.8) is 0 Å². The van der Waals surface area contributed by atoms with Crippen LogP contribution in [0.1, 0.15) is 13.3 Å². The number of ketones is 1. The number of carbonyl (C=O) groups is 2. The molecule has 1 aliphatic rings. The molecule has 5 nitrogen and oxygen atoms in total. The van der Waals surface area contributed by atoms with Gasteiger partial charge in [0.15, 0.2) is 6.10 Å². The van der Waals surface area contributed by atoms with E-state index in [-0.39, 0.29) is 24.7 Å². The minimum absolute atomic E-state index is 0.0852. The second kappa shape index (κ2) is 4.72. The smallest absolute Gasteiger partial charge is 0.230 e. The van der Waals surface area contributed by atoms with Crippen LogP contribution in [0.4, 0.5) is 0 Å². The largest absolute Gasteiger partial charge is 0.360 e. The molecule has 1 fully saturated rings. The number of rotatable bonds is 2. The van der Waals surface area contributed by atoms with Crippen LogP contribution in [0.25, 0.3) is 0 Å². The highest BCUT2D eigenvalue weighted by Crippen LogP contribution is 2.06. The lowest BCUT2D eigenvalue weighted by Gasteiger charge is -2.29. The minimum atomic E-state index is -0.556. The molecule has 0 radical (unpaired) electrons. The number of nitriles is 1. The third-order valence-corrected chi connectivity index (χ3v) is 1.96. The van der Waals surface area contributed by atoms with Crippen molar-refractivity contribution in [1.29, 1.82) is 5.26 Å². The zero-order valence-electron chi connectivity index (χ0n) is 8.02. The number of amides is 1. The fraction of sp³-hybridized carbons (Fsp3) is 0.667. The van der Waals surface area contributed by atoms with E-state index in [1.807, 2.05) is 6.07 Å². The van der Waals surface area contributed by atoms with Crippen LogP contribution in [-0.2, 0) is 14.3 Å². The Bertz CT molecular complexity index is 282. The molecule has 0 saturated carbocycles. The van der Waals surface area contributed by atoms with Gasteiger partial charge in [0.25, 0.3) is 0 Å². The summed E-state index contributed by atoms with van der Waals surface area (Å²) in [5.74, 6) is -0.379. The van der Waals surface area contributed by atoms with E-state index in [1.54, 1.807) is 0 Å². The van der Waals surface area contributed by atoms with Crippen LogP contribution < -0.4 is 0 Å². The molecule has 0 bridgehead atoms. The SMILES string of the molecule is CC(=O)CC(=O)N1CCOC(C#N)C1. The Balaban J connectivity index is 2.48. The molecule has 1 saturated heterocycles. The van der Waals surface area contributed by atoms with Crippen LogP contribution in [0, 0.1) is 11.3 Å². The van der Waals surface area contributed by atoms with E-state index >= 15 is 0 Å². The molecule has 0 aliphatic carbocycles. The van der Waals surface area contributed by atoms with Crippen LogP contribution in [0.5, 0.6) is 0 Å². The Labute approximate surface area is 82.2 Å². The van der Waals surface area contributed by atoms with Crippen molar-refractivity contribution in [2.24, 2.45) is 0 Å². The van der Waals surface area contributed by atoms with Gasteiger partial charge >= 0.3 is 0 Å². The molecule has 1 atom stereocenters. The highest BCUT2D eigenvalue weighted by Gasteiger charge is 2.24. The highest BCUT2D eigenvalue weighted by atomic mass is 16.5. The summed E-state index contributed by atoms with van der Waals surface area (Å²) >= 11 is 0. The first-order chi connectivity index (χ1) is 6.63. The van der Waals surface area contributed by atoms with E-state index in [4.69, 9.17) is 10.00 Å². The number of hydrogen-bond donors (Lipinski definition) is 0. The first kappa shape index (κ1) is 10.7. The van der Waals surface area contributed by atoms with E-state index in [1.165, 1.54) is 11.8 Å².